The number of hydrogen-bond acceptors (Lipinski definition) is 3. The second kappa shape index (κ2) is 8.53. The van der Waals surface area contributed by atoms with Gasteiger partial charge in [-0.2, -0.15) is 0 Å². The first-order chi connectivity index (χ1) is 9.11. The van der Waals surface area contributed by atoms with Crippen LogP contribution in [0.15, 0.2) is 24.3 Å². The number of nitrogens with one attached hydrogen (secondary N) is 1. The van der Waals surface area contributed by atoms with Gasteiger partial charge in [0.1, 0.15) is 5.75 Å². The Kier molecular flexibility index (Phi) is 6.97. The second-order valence-corrected chi connectivity index (χ2v) is 4.80. The molecule has 0 saturated heterocycles. The molecule has 1 aromatic rings. The number of unbranched alkanes of at least 4 members (excludes halogenated alkanes) is 1. The van der Waals surface area contributed by atoms with Crippen LogP contribution in [-0.2, 0) is 11.3 Å². The van der Waals surface area contributed by atoms with Gasteiger partial charge in [-0.05, 0) is 31.0 Å². The van der Waals surface area contributed by atoms with E-state index in [4.69, 9.17) is 10.5 Å². The lowest BCUT2D eigenvalue weighted by atomic mass is 10.2. The third kappa shape index (κ3) is 6.82. The van der Waals surface area contributed by atoms with E-state index >= 15 is 0 Å². The maximum Gasteiger partial charge on any atom is 0.218 e. The molecule has 0 saturated carbocycles. The fraction of sp³-hybridized carbons (Fsp3) is 0.533. The first-order valence-corrected chi connectivity index (χ1v) is 6.85. The zero-order valence-electron chi connectivity index (χ0n) is 11.8. The summed E-state index contributed by atoms with van der Waals surface area (Å²) < 4.78 is 5.60. The van der Waals surface area contributed by atoms with E-state index in [1.54, 1.807) is 0 Å². The minimum atomic E-state index is -0.278. The van der Waals surface area contributed by atoms with E-state index < -0.39 is 0 Å². The van der Waals surface area contributed by atoms with Crippen LogP contribution in [0.5, 0.6) is 5.75 Å². The largest absolute Gasteiger partial charge is 0.494 e. The summed E-state index contributed by atoms with van der Waals surface area (Å²) in [4.78, 5) is 10.8. The Morgan fingerprint density at radius 2 is 2.05 bits per heavy atom. The maximum absolute atomic E-state index is 10.8. The van der Waals surface area contributed by atoms with Crippen molar-refractivity contribution in [3.8, 4) is 5.75 Å². The number of ether oxygens (including phenoxy) is 1. The fourth-order valence-corrected chi connectivity index (χ4v) is 1.70. The Bertz CT molecular complexity index is 376. The highest BCUT2D eigenvalue weighted by atomic mass is 16.5. The zero-order chi connectivity index (χ0) is 14.1. The van der Waals surface area contributed by atoms with E-state index in [0.717, 1.165) is 31.7 Å². The third-order valence-corrected chi connectivity index (χ3v) is 2.85. The van der Waals surface area contributed by atoms with Crippen LogP contribution in [0.2, 0.25) is 0 Å². The fourth-order valence-electron chi connectivity index (χ4n) is 1.70. The van der Waals surface area contributed by atoms with Crippen molar-refractivity contribution in [2.24, 2.45) is 5.73 Å². The molecule has 0 aliphatic heterocycles. The van der Waals surface area contributed by atoms with E-state index in [-0.39, 0.29) is 11.9 Å². The van der Waals surface area contributed by atoms with Crippen molar-refractivity contribution in [1.29, 1.82) is 0 Å². The van der Waals surface area contributed by atoms with Crippen molar-refractivity contribution in [3.05, 3.63) is 29.8 Å². The maximum atomic E-state index is 10.8. The summed E-state index contributed by atoms with van der Waals surface area (Å²) in [6.45, 7) is 5.59. The Morgan fingerprint density at radius 3 is 2.63 bits per heavy atom. The average molecular weight is 264 g/mol. The van der Waals surface area contributed by atoms with E-state index in [0.29, 0.717) is 6.42 Å². The Morgan fingerprint density at radius 1 is 1.37 bits per heavy atom. The van der Waals surface area contributed by atoms with Gasteiger partial charge in [-0.3, -0.25) is 4.79 Å². The molecule has 0 bridgehead atoms. The minimum Gasteiger partial charge on any atom is -0.494 e. The predicted octanol–water partition coefficient (Wildman–Crippen LogP) is 2.22. The van der Waals surface area contributed by atoms with Crippen LogP contribution in [0.1, 0.15) is 38.7 Å². The van der Waals surface area contributed by atoms with Crippen LogP contribution >= 0.6 is 0 Å². The molecule has 1 aromatic carbocycles. The van der Waals surface area contributed by atoms with Crippen molar-refractivity contribution < 1.29 is 9.53 Å². The molecule has 1 unspecified atom stereocenters. The Labute approximate surface area is 115 Å². The number of primary amides is 1. The lowest BCUT2D eigenvalue weighted by Gasteiger charge is -2.12. The standard InChI is InChI=1S/C15H24N2O2/c1-3-4-9-19-14-7-5-13(6-8-14)11-17-12(2)10-15(16)18/h5-8,12,17H,3-4,9-11H2,1-2H3,(H2,16,18). The van der Waals surface area contributed by atoms with Crippen LogP contribution in [0.3, 0.4) is 0 Å². The van der Waals surface area contributed by atoms with Crippen molar-refractivity contribution in [2.75, 3.05) is 6.61 Å². The number of carbonyl (C=O) groups is 1. The van der Waals surface area contributed by atoms with Gasteiger partial charge >= 0.3 is 0 Å². The van der Waals surface area contributed by atoms with Gasteiger partial charge in [0.05, 0.1) is 6.61 Å². The monoisotopic (exact) mass is 264 g/mol. The lowest BCUT2D eigenvalue weighted by molar-refractivity contribution is -0.118. The van der Waals surface area contributed by atoms with Gasteiger partial charge < -0.3 is 15.8 Å². The topological polar surface area (TPSA) is 64.3 Å². The molecule has 1 atom stereocenters. The number of nitrogens with two attached hydrogens (primary N) is 1. The minimum absolute atomic E-state index is 0.0954. The van der Waals surface area contributed by atoms with Crippen molar-refractivity contribution in [2.45, 2.75) is 45.7 Å². The summed E-state index contributed by atoms with van der Waals surface area (Å²) in [6.07, 6.45) is 2.58. The van der Waals surface area contributed by atoms with Gasteiger partial charge in [0, 0.05) is 19.0 Å². The van der Waals surface area contributed by atoms with E-state index in [2.05, 4.69) is 12.2 Å². The summed E-state index contributed by atoms with van der Waals surface area (Å²) in [7, 11) is 0. The normalized spacial score (nSPS) is 12.1. The van der Waals surface area contributed by atoms with E-state index in [1.165, 1.54) is 5.56 Å². The first kappa shape index (κ1) is 15.5. The molecule has 4 nitrogen and oxygen atoms in total. The Balaban J connectivity index is 2.33. The second-order valence-electron chi connectivity index (χ2n) is 4.80. The molecule has 0 aliphatic rings. The van der Waals surface area contributed by atoms with Gasteiger partial charge in [0.25, 0.3) is 0 Å². The molecular weight excluding hydrogens is 240 g/mol. The SMILES string of the molecule is CCCCOc1ccc(CNC(C)CC(N)=O)cc1. The third-order valence-electron chi connectivity index (χ3n) is 2.85. The van der Waals surface area contributed by atoms with Crippen LogP contribution in [0.4, 0.5) is 0 Å². The molecule has 0 fully saturated rings. The summed E-state index contributed by atoms with van der Waals surface area (Å²) in [5, 5.41) is 3.26. The number of benzene rings is 1. The van der Waals surface area contributed by atoms with E-state index in [9.17, 15) is 4.79 Å². The molecule has 3 N–H and O–H groups in total. The average Bonchev–Trinajstić information content (AvgIpc) is 2.37. The molecule has 19 heavy (non-hydrogen) atoms. The van der Waals surface area contributed by atoms with Crippen LogP contribution in [-0.4, -0.2) is 18.6 Å². The highest BCUT2D eigenvalue weighted by Crippen LogP contribution is 2.12. The van der Waals surface area contributed by atoms with Crippen molar-refractivity contribution in [3.63, 3.8) is 0 Å². The molecule has 0 aliphatic carbocycles. The van der Waals surface area contributed by atoms with Crippen molar-refractivity contribution in [1.82, 2.24) is 5.32 Å². The predicted molar refractivity (Wildman–Crippen MR) is 77.0 cm³/mol. The smallest absolute Gasteiger partial charge is 0.218 e. The number of amides is 1. The van der Waals surface area contributed by atoms with Gasteiger partial charge in [-0.25, -0.2) is 0 Å². The lowest BCUT2D eigenvalue weighted by Crippen LogP contribution is -2.30. The molecule has 0 spiro atoms. The highest BCUT2D eigenvalue weighted by Gasteiger charge is 2.05. The number of rotatable bonds is 9. The van der Waals surface area contributed by atoms with Gasteiger partial charge in [-0.1, -0.05) is 25.5 Å². The molecule has 106 valence electrons. The summed E-state index contributed by atoms with van der Waals surface area (Å²) >= 11 is 0. The first-order valence-electron chi connectivity index (χ1n) is 6.85. The van der Waals surface area contributed by atoms with Crippen LogP contribution < -0.4 is 15.8 Å². The van der Waals surface area contributed by atoms with Crippen LogP contribution in [0, 0.1) is 0 Å². The molecule has 0 aromatic heterocycles. The van der Waals surface area contributed by atoms with Crippen molar-refractivity contribution >= 4 is 5.91 Å². The zero-order valence-corrected chi connectivity index (χ0v) is 11.8. The summed E-state index contributed by atoms with van der Waals surface area (Å²) in [6, 6.07) is 8.12. The van der Waals surface area contributed by atoms with Gasteiger partial charge in [0.2, 0.25) is 5.91 Å². The number of hydrogen-bond donors (Lipinski definition) is 2. The molecule has 1 rings (SSSR count). The molecule has 4 heteroatoms. The quantitative estimate of drug-likeness (QED) is 0.672. The summed E-state index contributed by atoms with van der Waals surface area (Å²) in [5.74, 6) is 0.627. The molecule has 0 radical (unpaired) electrons. The van der Waals surface area contributed by atoms with Gasteiger partial charge in [0.15, 0.2) is 0 Å². The summed E-state index contributed by atoms with van der Waals surface area (Å²) in [5.41, 5.74) is 6.31. The number of carbonyl (C=O) groups excluding carboxylic acids is 1. The van der Waals surface area contributed by atoms with Gasteiger partial charge in [-0.15, -0.1) is 0 Å². The molecule has 1 amide bonds. The Hall–Kier alpha value is -1.55. The molecular formula is C15H24N2O2. The highest BCUT2D eigenvalue weighted by molar-refractivity contribution is 5.74. The van der Waals surface area contributed by atoms with Crippen LogP contribution in [0.25, 0.3) is 0 Å². The molecule has 0 heterocycles. The van der Waals surface area contributed by atoms with E-state index in [1.807, 2.05) is 31.2 Å².